The lowest BCUT2D eigenvalue weighted by Crippen LogP contribution is -2.28. The maximum Gasteiger partial charge on any atom is 0.414 e. The number of azide groups is 1. The van der Waals surface area contributed by atoms with Crippen LogP contribution in [0, 0.1) is 6.92 Å². The number of hydrogen-bond donors (Lipinski definition) is 1. The predicted octanol–water partition coefficient (Wildman–Crippen LogP) is 5.95. The van der Waals surface area contributed by atoms with Crippen LogP contribution < -0.4 is 4.90 Å². The summed E-state index contributed by atoms with van der Waals surface area (Å²) in [7, 11) is 1.54. The molecule has 0 aromatic heterocycles. The summed E-state index contributed by atoms with van der Waals surface area (Å²) in [6.45, 7) is 1.84. The Labute approximate surface area is 190 Å². The predicted molar refractivity (Wildman–Crippen MR) is 125 cm³/mol. The third kappa shape index (κ3) is 4.24. The van der Waals surface area contributed by atoms with Gasteiger partial charge in [-0.2, -0.15) is 0 Å². The number of rotatable bonds is 6. The molecule has 0 radical (unpaired) electrons. The summed E-state index contributed by atoms with van der Waals surface area (Å²) < 4.78 is 5.67. The van der Waals surface area contributed by atoms with Crippen LogP contribution in [-0.2, 0) is 16.0 Å². The van der Waals surface area contributed by atoms with Gasteiger partial charge in [0, 0.05) is 29.3 Å². The van der Waals surface area contributed by atoms with E-state index in [1.165, 1.54) is 11.9 Å². The van der Waals surface area contributed by atoms with Crippen LogP contribution in [0.3, 0.4) is 0 Å². The number of nitrogens with zero attached hydrogens (tertiary/aromatic N) is 4. The molecule has 3 aromatic rings. The topological polar surface area (TPSA) is 116 Å². The Balaban J connectivity index is 1.57. The van der Waals surface area contributed by atoms with E-state index in [4.69, 9.17) is 10.3 Å². The van der Waals surface area contributed by atoms with E-state index >= 15 is 0 Å². The van der Waals surface area contributed by atoms with Crippen LogP contribution in [0.25, 0.3) is 21.6 Å². The van der Waals surface area contributed by atoms with Gasteiger partial charge in [0.2, 0.25) is 0 Å². The molecule has 0 saturated heterocycles. The average molecular weight is 442 g/mol. The number of carbonyl (C=O) groups is 2. The van der Waals surface area contributed by atoms with E-state index in [2.05, 4.69) is 22.2 Å². The summed E-state index contributed by atoms with van der Waals surface area (Å²) >= 11 is 0. The number of carboxylic acids is 1. The van der Waals surface area contributed by atoms with Gasteiger partial charge in [-0.25, -0.2) is 4.79 Å². The van der Waals surface area contributed by atoms with Crippen molar-refractivity contribution in [1.29, 1.82) is 0 Å². The van der Waals surface area contributed by atoms with E-state index in [0.717, 1.165) is 22.3 Å². The number of fused-ring (bicyclic) bond motifs is 3. The Bertz CT molecular complexity index is 1250. The Morgan fingerprint density at radius 2 is 1.70 bits per heavy atom. The first-order valence-corrected chi connectivity index (χ1v) is 10.4. The first-order valence-electron chi connectivity index (χ1n) is 10.4. The molecule has 8 nitrogen and oxygen atoms in total. The average Bonchev–Trinajstić information content (AvgIpc) is 3.13. The molecule has 0 unspecified atom stereocenters. The molecule has 166 valence electrons. The first-order chi connectivity index (χ1) is 15.9. The fraction of sp³-hybridized carbons (Fsp3) is 0.200. The second-order valence-electron chi connectivity index (χ2n) is 7.87. The van der Waals surface area contributed by atoms with Crippen molar-refractivity contribution in [2.45, 2.75) is 19.3 Å². The van der Waals surface area contributed by atoms with E-state index in [9.17, 15) is 14.7 Å². The Morgan fingerprint density at radius 3 is 2.27 bits per heavy atom. The Kier molecular flexibility index (Phi) is 6.02. The third-order valence-electron chi connectivity index (χ3n) is 5.96. The maximum absolute atomic E-state index is 12.9. The van der Waals surface area contributed by atoms with Gasteiger partial charge in [0.15, 0.2) is 0 Å². The molecule has 0 aliphatic heterocycles. The lowest BCUT2D eigenvalue weighted by Gasteiger charge is -2.21. The molecular formula is C25H22N4O4. The fourth-order valence-corrected chi connectivity index (χ4v) is 4.23. The highest BCUT2D eigenvalue weighted by Crippen LogP contribution is 2.44. The lowest BCUT2D eigenvalue weighted by molar-refractivity contribution is -0.136. The molecule has 0 heterocycles. The van der Waals surface area contributed by atoms with Crippen molar-refractivity contribution in [3.63, 3.8) is 0 Å². The molecule has 0 fully saturated rings. The zero-order valence-electron chi connectivity index (χ0n) is 18.2. The van der Waals surface area contributed by atoms with Crippen molar-refractivity contribution >= 4 is 23.4 Å². The molecule has 1 N–H and O–H groups in total. The minimum atomic E-state index is -1.02. The molecule has 0 bridgehead atoms. The van der Waals surface area contributed by atoms with E-state index in [1.54, 1.807) is 19.1 Å². The third-order valence-corrected chi connectivity index (χ3v) is 5.96. The van der Waals surface area contributed by atoms with Crippen molar-refractivity contribution in [3.8, 4) is 11.1 Å². The molecule has 3 aromatic carbocycles. The number of carboxylic acid groups (broad SMARTS) is 1. The quantitative estimate of drug-likeness (QED) is 0.288. The summed E-state index contributed by atoms with van der Waals surface area (Å²) in [5, 5.41) is 12.9. The second kappa shape index (κ2) is 9.06. The van der Waals surface area contributed by atoms with Crippen LogP contribution in [0.15, 0.2) is 65.8 Å². The molecule has 1 aliphatic carbocycles. The molecule has 0 atom stereocenters. The largest absolute Gasteiger partial charge is 0.481 e. The molecule has 0 spiro atoms. The molecule has 8 heteroatoms. The van der Waals surface area contributed by atoms with Gasteiger partial charge in [-0.1, -0.05) is 53.6 Å². The summed E-state index contributed by atoms with van der Waals surface area (Å²) in [6.07, 6.45) is -0.847. The van der Waals surface area contributed by atoms with Gasteiger partial charge in [0.05, 0.1) is 6.42 Å². The number of carbonyl (C=O) groups excluding carboxylic acids is 1. The lowest BCUT2D eigenvalue weighted by atomic mass is 9.98. The molecule has 1 amide bonds. The van der Waals surface area contributed by atoms with Crippen LogP contribution >= 0.6 is 0 Å². The highest BCUT2D eigenvalue weighted by Gasteiger charge is 2.29. The van der Waals surface area contributed by atoms with Gasteiger partial charge < -0.3 is 9.84 Å². The van der Waals surface area contributed by atoms with Crippen molar-refractivity contribution < 1.29 is 19.4 Å². The summed E-state index contributed by atoms with van der Waals surface area (Å²) in [6, 6.07) is 19.3. The number of aliphatic carboxylic acids is 1. The smallest absolute Gasteiger partial charge is 0.414 e. The number of hydrogen-bond acceptors (Lipinski definition) is 4. The Hall–Kier alpha value is -4.29. The van der Waals surface area contributed by atoms with E-state index in [-0.39, 0.29) is 24.6 Å². The number of anilines is 1. The second-order valence-corrected chi connectivity index (χ2v) is 7.87. The zero-order chi connectivity index (χ0) is 23.5. The Morgan fingerprint density at radius 1 is 1.09 bits per heavy atom. The standard InChI is InChI=1S/C25H22N4O4/c1-15-16(12-24(30)31)11-17(13-23(15)27-28-26)29(2)25(32)33-14-22-20-9-5-3-7-18(20)19-8-4-6-10-21(19)22/h3-11,13,22H,12,14H2,1-2H3,(H,30,31). The minimum absolute atomic E-state index is 0.0749. The molecule has 0 saturated carbocycles. The maximum atomic E-state index is 12.9. The minimum Gasteiger partial charge on any atom is -0.481 e. The highest BCUT2D eigenvalue weighted by atomic mass is 16.6. The van der Waals surface area contributed by atoms with Crippen LogP contribution in [0.2, 0.25) is 0 Å². The first kappa shape index (κ1) is 21.9. The van der Waals surface area contributed by atoms with Crippen molar-refractivity contribution in [2.24, 2.45) is 5.11 Å². The number of amides is 1. The van der Waals surface area contributed by atoms with E-state index < -0.39 is 12.1 Å². The summed E-state index contributed by atoms with van der Waals surface area (Å²) in [4.78, 5) is 28.2. The van der Waals surface area contributed by atoms with E-state index in [0.29, 0.717) is 16.8 Å². The van der Waals surface area contributed by atoms with Gasteiger partial charge in [-0.05, 0) is 58.0 Å². The van der Waals surface area contributed by atoms with Crippen LogP contribution in [0.1, 0.15) is 28.2 Å². The highest BCUT2D eigenvalue weighted by molar-refractivity contribution is 5.89. The van der Waals surface area contributed by atoms with Crippen LogP contribution in [0.5, 0.6) is 0 Å². The molecular weight excluding hydrogens is 420 g/mol. The van der Waals surface area contributed by atoms with Gasteiger partial charge >= 0.3 is 12.1 Å². The van der Waals surface area contributed by atoms with Gasteiger partial charge in [-0.3, -0.25) is 9.69 Å². The summed E-state index contributed by atoms with van der Waals surface area (Å²) in [5.41, 5.74) is 15.0. The molecule has 4 rings (SSSR count). The monoisotopic (exact) mass is 442 g/mol. The molecule has 1 aliphatic rings. The molecule has 33 heavy (non-hydrogen) atoms. The van der Waals surface area contributed by atoms with Crippen LogP contribution in [0.4, 0.5) is 16.2 Å². The SMILES string of the molecule is Cc1c(CC(=O)O)cc(N(C)C(=O)OCC2c3ccccc3-c3ccccc32)cc1N=[N+]=[N-]. The van der Waals surface area contributed by atoms with Gasteiger partial charge in [0.1, 0.15) is 6.61 Å². The number of benzene rings is 3. The summed E-state index contributed by atoms with van der Waals surface area (Å²) in [5.74, 6) is -1.10. The number of ether oxygens (including phenoxy) is 1. The van der Waals surface area contributed by atoms with E-state index in [1.807, 2.05) is 36.4 Å². The van der Waals surface area contributed by atoms with Gasteiger partial charge in [-0.15, -0.1) is 0 Å². The van der Waals surface area contributed by atoms with Crippen molar-refractivity contribution in [3.05, 3.63) is 93.4 Å². The van der Waals surface area contributed by atoms with Crippen LogP contribution in [-0.4, -0.2) is 30.8 Å². The van der Waals surface area contributed by atoms with Gasteiger partial charge in [0.25, 0.3) is 0 Å². The fourth-order valence-electron chi connectivity index (χ4n) is 4.23. The van der Waals surface area contributed by atoms with Crippen molar-refractivity contribution in [1.82, 2.24) is 0 Å². The normalized spacial score (nSPS) is 11.8. The zero-order valence-corrected chi connectivity index (χ0v) is 18.2. The van der Waals surface area contributed by atoms with Crippen molar-refractivity contribution in [2.75, 3.05) is 18.6 Å².